The maximum Gasteiger partial charge on any atom is 0.253 e. The van der Waals surface area contributed by atoms with Crippen LogP contribution in [0.25, 0.3) is 10.9 Å². The van der Waals surface area contributed by atoms with Crippen molar-refractivity contribution in [2.45, 2.75) is 13.5 Å². The zero-order chi connectivity index (χ0) is 15.5. The Labute approximate surface area is 128 Å². The maximum absolute atomic E-state index is 12.4. The molecule has 0 unspecified atom stereocenters. The van der Waals surface area contributed by atoms with Gasteiger partial charge in [0.1, 0.15) is 0 Å². The summed E-state index contributed by atoms with van der Waals surface area (Å²) >= 11 is 0. The van der Waals surface area contributed by atoms with E-state index >= 15 is 0 Å². The fraction of sp³-hybridized carbons (Fsp3) is 0.111. The van der Waals surface area contributed by atoms with Crippen molar-refractivity contribution < 1.29 is 9.59 Å². The summed E-state index contributed by atoms with van der Waals surface area (Å²) in [7, 11) is 0. The van der Waals surface area contributed by atoms with Gasteiger partial charge in [0.2, 0.25) is 0 Å². The molecule has 0 atom stereocenters. The number of hydrogen-bond acceptors (Lipinski definition) is 2. The highest BCUT2D eigenvalue weighted by atomic mass is 16.1. The lowest BCUT2D eigenvalue weighted by Crippen LogP contribution is -2.23. The number of nitrogens with one attached hydrogen (secondary N) is 2. The highest BCUT2D eigenvalue weighted by molar-refractivity contribution is 6.12. The standard InChI is InChI=1S/C18H16N2O2/c1-12(21)16-11-19-17-14(16)8-5-9-15(17)18(22)20-10-13-6-3-2-4-7-13/h2-9,11,19H,10H2,1H3,(H,20,22). The van der Waals surface area contributed by atoms with Crippen LogP contribution in [0.1, 0.15) is 33.2 Å². The van der Waals surface area contributed by atoms with Crippen LogP contribution in [0.5, 0.6) is 0 Å². The summed E-state index contributed by atoms with van der Waals surface area (Å²) in [5.41, 5.74) is 2.88. The van der Waals surface area contributed by atoms with Crippen molar-refractivity contribution in [2.75, 3.05) is 0 Å². The number of H-pyrrole nitrogens is 1. The van der Waals surface area contributed by atoms with Gasteiger partial charge in [0.25, 0.3) is 5.91 Å². The van der Waals surface area contributed by atoms with E-state index in [4.69, 9.17) is 0 Å². The molecule has 0 radical (unpaired) electrons. The van der Waals surface area contributed by atoms with E-state index in [-0.39, 0.29) is 11.7 Å². The van der Waals surface area contributed by atoms with Crippen molar-refractivity contribution in [3.05, 3.63) is 71.4 Å². The third-order valence-corrected chi connectivity index (χ3v) is 3.64. The first-order valence-electron chi connectivity index (χ1n) is 7.10. The third-order valence-electron chi connectivity index (χ3n) is 3.64. The van der Waals surface area contributed by atoms with E-state index in [1.54, 1.807) is 18.3 Å². The monoisotopic (exact) mass is 292 g/mol. The minimum Gasteiger partial charge on any atom is -0.360 e. The molecule has 2 aromatic carbocycles. The van der Waals surface area contributed by atoms with Crippen molar-refractivity contribution in [3.8, 4) is 0 Å². The van der Waals surface area contributed by atoms with Crippen LogP contribution < -0.4 is 5.32 Å². The normalized spacial score (nSPS) is 10.6. The Morgan fingerprint density at radius 3 is 2.50 bits per heavy atom. The molecule has 2 N–H and O–H groups in total. The Balaban J connectivity index is 1.86. The molecule has 4 nitrogen and oxygen atoms in total. The highest BCUT2D eigenvalue weighted by Crippen LogP contribution is 2.22. The van der Waals surface area contributed by atoms with Gasteiger partial charge in [0.05, 0.1) is 11.1 Å². The SMILES string of the molecule is CC(=O)c1c[nH]c2c(C(=O)NCc3ccccc3)cccc12. The molecule has 0 saturated heterocycles. The molecule has 0 aliphatic carbocycles. The van der Waals surface area contributed by atoms with Crippen LogP contribution in [0.2, 0.25) is 0 Å². The van der Waals surface area contributed by atoms with Crippen LogP contribution in [0, 0.1) is 0 Å². The van der Waals surface area contributed by atoms with E-state index in [1.807, 2.05) is 36.4 Å². The van der Waals surface area contributed by atoms with Gasteiger partial charge in [-0.2, -0.15) is 0 Å². The first-order chi connectivity index (χ1) is 10.7. The lowest BCUT2D eigenvalue weighted by molar-refractivity contribution is 0.0951. The Hall–Kier alpha value is -2.88. The van der Waals surface area contributed by atoms with E-state index in [1.165, 1.54) is 6.92 Å². The zero-order valence-electron chi connectivity index (χ0n) is 12.2. The summed E-state index contributed by atoms with van der Waals surface area (Å²) < 4.78 is 0. The van der Waals surface area contributed by atoms with Gasteiger partial charge in [-0.15, -0.1) is 0 Å². The number of Topliss-reactive ketones (excluding diaryl/α,β-unsaturated/α-hetero) is 1. The second-order valence-electron chi connectivity index (χ2n) is 5.15. The molecule has 1 aromatic heterocycles. The minimum atomic E-state index is -0.161. The Kier molecular flexibility index (Phi) is 3.74. The molecule has 4 heteroatoms. The second kappa shape index (κ2) is 5.85. The summed E-state index contributed by atoms with van der Waals surface area (Å²) in [4.78, 5) is 27.0. The molecule has 0 bridgehead atoms. The molecule has 0 aliphatic heterocycles. The number of carbonyl (C=O) groups excluding carboxylic acids is 2. The smallest absolute Gasteiger partial charge is 0.253 e. The first-order valence-corrected chi connectivity index (χ1v) is 7.10. The first kappa shape index (κ1) is 14.1. The lowest BCUT2D eigenvalue weighted by Gasteiger charge is -2.06. The molecule has 110 valence electrons. The lowest BCUT2D eigenvalue weighted by atomic mass is 10.1. The highest BCUT2D eigenvalue weighted by Gasteiger charge is 2.14. The summed E-state index contributed by atoms with van der Waals surface area (Å²) in [5, 5.41) is 3.68. The third kappa shape index (κ3) is 2.63. The van der Waals surface area contributed by atoms with Crippen molar-refractivity contribution in [2.24, 2.45) is 0 Å². The van der Waals surface area contributed by atoms with Crippen LogP contribution in [-0.4, -0.2) is 16.7 Å². The number of carbonyl (C=O) groups is 2. The second-order valence-corrected chi connectivity index (χ2v) is 5.15. The maximum atomic E-state index is 12.4. The quantitative estimate of drug-likeness (QED) is 0.725. The van der Waals surface area contributed by atoms with Crippen molar-refractivity contribution >= 4 is 22.6 Å². The molecule has 3 rings (SSSR count). The molecule has 1 amide bonds. The number of hydrogen-bond donors (Lipinski definition) is 2. The van der Waals surface area contributed by atoms with E-state index in [2.05, 4.69) is 10.3 Å². The van der Waals surface area contributed by atoms with Gasteiger partial charge in [0, 0.05) is 23.7 Å². The summed E-state index contributed by atoms with van der Waals surface area (Å²) in [6.45, 7) is 1.99. The molecular formula is C18H16N2O2. The van der Waals surface area contributed by atoms with Gasteiger partial charge in [0.15, 0.2) is 5.78 Å². The molecule has 22 heavy (non-hydrogen) atoms. The van der Waals surface area contributed by atoms with Gasteiger partial charge in [-0.25, -0.2) is 0 Å². The fourth-order valence-corrected chi connectivity index (χ4v) is 2.51. The largest absolute Gasteiger partial charge is 0.360 e. The number of para-hydroxylation sites is 1. The van der Waals surface area contributed by atoms with Crippen molar-refractivity contribution in [1.82, 2.24) is 10.3 Å². The van der Waals surface area contributed by atoms with Crippen LogP contribution in [0.3, 0.4) is 0 Å². The average molecular weight is 292 g/mol. The molecule has 0 fully saturated rings. The van der Waals surface area contributed by atoms with E-state index in [0.29, 0.717) is 23.2 Å². The predicted molar refractivity (Wildman–Crippen MR) is 85.9 cm³/mol. The Morgan fingerprint density at radius 1 is 1.00 bits per heavy atom. The van der Waals surface area contributed by atoms with Crippen molar-refractivity contribution in [1.29, 1.82) is 0 Å². The average Bonchev–Trinajstić information content (AvgIpc) is 2.97. The number of fused-ring (bicyclic) bond motifs is 1. The van der Waals surface area contributed by atoms with Crippen LogP contribution in [-0.2, 0) is 6.54 Å². The van der Waals surface area contributed by atoms with Crippen LogP contribution in [0.15, 0.2) is 54.7 Å². The molecule has 1 heterocycles. The molecule has 0 spiro atoms. The van der Waals surface area contributed by atoms with E-state index in [9.17, 15) is 9.59 Å². The van der Waals surface area contributed by atoms with Crippen molar-refractivity contribution in [3.63, 3.8) is 0 Å². The Morgan fingerprint density at radius 2 is 1.77 bits per heavy atom. The van der Waals surface area contributed by atoms with Gasteiger partial charge in [-0.1, -0.05) is 42.5 Å². The predicted octanol–water partition coefficient (Wildman–Crippen LogP) is 3.30. The number of ketones is 1. The van der Waals surface area contributed by atoms with Gasteiger partial charge in [-0.3, -0.25) is 9.59 Å². The van der Waals surface area contributed by atoms with Gasteiger partial charge < -0.3 is 10.3 Å². The molecule has 0 aliphatic rings. The fourth-order valence-electron chi connectivity index (χ4n) is 2.51. The summed E-state index contributed by atoms with van der Waals surface area (Å²) in [5.74, 6) is -0.181. The Bertz CT molecular complexity index is 835. The number of rotatable bonds is 4. The summed E-state index contributed by atoms with van der Waals surface area (Å²) in [6, 6.07) is 15.1. The van der Waals surface area contributed by atoms with E-state index in [0.717, 1.165) is 10.9 Å². The zero-order valence-corrected chi connectivity index (χ0v) is 12.2. The molecule has 3 aromatic rings. The van der Waals surface area contributed by atoms with E-state index < -0.39 is 0 Å². The number of aromatic amines is 1. The molecular weight excluding hydrogens is 276 g/mol. The minimum absolute atomic E-state index is 0.0203. The number of amides is 1. The number of aromatic nitrogens is 1. The van der Waals surface area contributed by atoms with Crippen LogP contribution in [0.4, 0.5) is 0 Å². The van der Waals surface area contributed by atoms with Gasteiger partial charge in [-0.05, 0) is 18.6 Å². The topological polar surface area (TPSA) is 62.0 Å². The van der Waals surface area contributed by atoms with Crippen LogP contribution >= 0.6 is 0 Å². The number of benzene rings is 2. The molecule has 0 saturated carbocycles. The van der Waals surface area contributed by atoms with Gasteiger partial charge >= 0.3 is 0 Å². The summed E-state index contributed by atoms with van der Waals surface area (Å²) in [6.07, 6.45) is 1.65.